The van der Waals surface area contributed by atoms with E-state index in [1.165, 1.54) is 42.1 Å². The SMILES string of the molecule is CCc1c([125Te]c2ccccc2)c2cc(N(C)C)ccc2c2ccc(N(C)C)cc12. The van der Waals surface area contributed by atoms with Gasteiger partial charge in [-0.1, -0.05) is 0 Å². The Kier molecular flexibility index (Phi) is 5.72. The molecule has 0 aliphatic carbocycles. The van der Waals surface area contributed by atoms with Crippen molar-refractivity contribution in [3.05, 3.63) is 72.3 Å². The van der Waals surface area contributed by atoms with E-state index in [4.69, 9.17) is 0 Å². The molecule has 4 rings (SSSR count). The third-order valence-corrected chi connectivity index (χ3v) is 8.85. The molecule has 148 valence electrons. The van der Waals surface area contributed by atoms with E-state index in [2.05, 4.69) is 112 Å². The standard InChI is InChI=1S/C26H28N2Te/c1-6-21-24-16-18(27(2)3)12-14-22(24)23-15-13-19(28(4)5)17-25(23)26(21)29-20-10-8-7-9-11-20/h7-17H,6H2,1-5H3/i29-3. The molecule has 29 heavy (non-hydrogen) atoms. The minimum atomic E-state index is -0.490. The average molecular weight is 493 g/mol. The van der Waals surface area contributed by atoms with E-state index in [-0.39, 0.29) is 0 Å². The normalized spacial score (nSPS) is 11.2. The van der Waals surface area contributed by atoms with Crippen LogP contribution in [0, 0.1) is 0 Å². The summed E-state index contributed by atoms with van der Waals surface area (Å²) in [5.41, 5.74) is 4.06. The van der Waals surface area contributed by atoms with Gasteiger partial charge in [-0.05, 0) is 0 Å². The van der Waals surface area contributed by atoms with Crippen LogP contribution in [0.4, 0.5) is 11.4 Å². The molecule has 0 aromatic heterocycles. The van der Waals surface area contributed by atoms with Crippen LogP contribution in [0.3, 0.4) is 0 Å². The summed E-state index contributed by atoms with van der Waals surface area (Å²) in [4.78, 5) is 4.41. The zero-order chi connectivity index (χ0) is 20.5. The molecule has 4 aromatic carbocycles. The van der Waals surface area contributed by atoms with Gasteiger partial charge >= 0.3 is 185 Å². The summed E-state index contributed by atoms with van der Waals surface area (Å²) in [5, 5.41) is 5.60. The van der Waals surface area contributed by atoms with Gasteiger partial charge in [-0.2, -0.15) is 0 Å². The Balaban J connectivity index is 2.09. The van der Waals surface area contributed by atoms with Crippen molar-refractivity contribution in [2.45, 2.75) is 13.3 Å². The molecule has 0 spiro atoms. The van der Waals surface area contributed by atoms with Crippen molar-refractivity contribution in [3.8, 4) is 0 Å². The van der Waals surface area contributed by atoms with E-state index in [0.717, 1.165) is 6.42 Å². The van der Waals surface area contributed by atoms with Crippen LogP contribution in [-0.4, -0.2) is 49.1 Å². The summed E-state index contributed by atoms with van der Waals surface area (Å²) in [6.45, 7) is 2.31. The molecule has 0 unspecified atom stereocenters. The minimum absolute atomic E-state index is 0.490. The van der Waals surface area contributed by atoms with Crippen molar-refractivity contribution in [2.24, 2.45) is 0 Å². The molecule has 4 aromatic rings. The van der Waals surface area contributed by atoms with Gasteiger partial charge in [0.05, 0.1) is 0 Å². The summed E-state index contributed by atoms with van der Waals surface area (Å²) in [7, 11) is 8.49. The molecule has 3 heteroatoms. The number of fused-ring (bicyclic) bond motifs is 3. The fraction of sp³-hybridized carbons (Fsp3) is 0.231. The van der Waals surface area contributed by atoms with Gasteiger partial charge in [-0.15, -0.1) is 0 Å². The first-order valence-corrected chi connectivity index (χ1v) is 12.4. The van der Waals surface area contributed by atoms with Crippen molar-refractivity contribution in [1.82, 2.24) is 0 Å². The van der Waals surface area contributed by atoms with Crippen LogP contribution in [-0.2, 0) is 6.42 Å². The summed E-state index contributed by atoms with van der Waals surface area (Å²) in [5.74, 6) is 0. The Bertz CT molecular complexity index is 1160. The Morgan fingerprint density at radius 2 is 1.21 bits per heavy atom. The summed E-state index contributed by atoms with van der Waals surface area (Å²) < 4.78 is 3.08. The Morgan fingerprint density at radius 3 is 1.76 bits per heavy atom. The fourth-order valence-electron chi connectivity index (χ4n) is 3.89. The van der Waals surface area contributed by atoms with Crippen LogP contribution in [0.15, 0.2) is 66.7 Å². The van der Waals surface area contributed by atoms with Crippen LogP contribution in [0.5, 0.6) is 0 Å². The molecule has 0 amide bonds. The van der Waals surface area contributed by atoms with E-state index in [1.54, 1.807) is 3.61 Å². The van der Waals surface area contributed by atoms with Gasteiger partial charge in [0.2, 0.25) is 0 Å². The molecule has 2 nitrogen and oxygen atoms in total. The fourth-order valence-corrected chi connectivity index (χ4v) is 7.27. The van der Waals surface area contributed by atoms with Crippen LogP contribution in [0.25, 0.3) is 21.5 Å². The topological polar surface area (TPSA) is 6.48 Å². The predicted molar refractivity (Wildman–Crippen MR) is 131 cm³/mol. The first-order chi connectivity index (χ1) is 14.0. The van der Waals surface area contributed by atoms with Crippen molar-refractivity contribution < 1.29 is 0 Å². The molecule has 0 atom stereocenters. The van der Waals surface area contributed by atoms with E-state index in [0.29, 0.717) is 0 Å². The number of anilines is 2. The molecule has 0 fully saturated rings. The van der Waals surface area contributed by atoms with Gasteiger partial charge < -0.3 is 0 Å². The summed E-state index contributed by atoms with van der Waals surface area (Å²) in [6.07, 6.45) is 1.06. The number of hydrogen-bond acceptors (Lipinski definition) is 2. The van der Waals surface area contributed by atoms with Crippen LogP contribution >= 0.6 is 0 Å². The first kappa shape index (κ1) is 20.1. The number of aryl methyl sites for hydroxylation is 1. The zero-order valence-corrected chi connectivity index (χ0v) is 20.2. The van der Waals surface area contributed by atoms with Gasteiger partial charge in [-0.25, -0.2) is 0 Å². The molecule has 0 aliphatic heterocycles. The Hall–Kier alpha value is -2.21. The summed E-state index contributed by atoms with van der Waals surface area (Å²) >= 11 is -0.490. The predicted octanol–water partition coefficient (Wildman–Crippen LogP) is 4.34. The third kappa shape index (κ3) is 3.82. The van der Waals surface area contributed by atoms with E-state index < -0.39 is 20.9 Å². The zero-order valence-electron chi connectivity index (χ0n) is 17.9. The third-order valence-electron chi connectivity index (χ3n) is 5.49. The van der Waals surface area contributed by atoms with Crippen LogP contribution in [0.2, 0.25) is 0 Å². The molecular weight excluding hydrogens is 465 g/mol. The van der Waals surface area contributed by atoms with Crippen molar-refractivity contribution >= 4 is 61.1 Å². The van der Waals surface area contributed by atoms with Crippen LogP contribution < -0.4 is 17.0 Å². The van der Waals surface area contributed by atoms with Gasteiger partial charge in [0, 0.05) is 0 Å². The summed E-state index contributed by atoms with van der Waals surface area (Å²) in [6, 6.07) is 25.0. The second kappa shape index (κ2) is 8.26. The monoisotopic (exact) mass is 493 g/mol. The molecule has 0 saturated carbocycles. The van der Waals surface area contributed by atoms with E-state index in [1.807, 2.05) is 0 Å². The molecule has 0 bridgehead atoms. The van der Waals surface area contributed by atoms with Gasteiger partial charge in [0.15, 0.2) is 0 Å². The van der Waals surface area contributed by atoms with Gasteiger partial charge in [-0.3, -0.25) is 0 Å². The number of nitrogens with zero attached hydrogens (tertiary/aromatic N) is 2. The van der Waals surface area contributed by atoms with E-state index in [9.17, 15) is 0 Å². The van der Waals surface area contributed by atoms with Crippen molar-refractivity contribution in [1.29, 1.82) is 0 Å². The molecule has 0 aliphatic rings. The maximum atomic E-state index is 2.40. The van der Waals surface area contributed by atoms with E-state index >= 15 is 0 Å². The second-order valence-electron chi connectivity index (χ2n) is 7.82. The molecule has 0 N–H and O–H groups in total. The number of rotatable bonds is 5. The first-order valence-electron chi connectivity index (χ1n) is 10.1. The maximum absolute atomic E-state index is 2.40. The number of benzene rings is 4. The Labute approximate surface area is 184 Å². The molecule has 0 saturated heterocycles. The molecule has 0 radical (unpaired) electrons. The van der Waals surface area contributed by atoms with Gasteiger partial charge in [0.1, 0.15) is 0 Å². The molecule has 0 heterocycles. The number of hydrogen-bond donors (Lipinski definition) is 0. The van der Waals surface area contributed by atoms with Crippen LogP contribution in [0.1, 0.15) is 12.5 Å². The van der Waals surface area contributed by atoms with Gasteiger partial charge in [0.25, 0.3) is 0 Å². The quantitative estimate of drug-likeness (QED) is 0.302. The second-order valence-corrected chi connectivity index (χ2v) is 10.9. The Morgan fingerprint density at radius 1 is 0.655 bits per heavy atom. The molecular formula is C26H28N2Te. The average Bonchev–Trinajstić information content (AvgIpc) is 2.73. The van der Waals surface area contributed by atoms with Crippen molar-refractivity contribution in [3.63, 3.8) is 0 Å². The van der Waals surface area contributed by atoms with Crippen molar-refractivity contribution in [2.75, 3.05) is 38.0 Å².